The van der Waals surface area contributed by atoms with E-state index in [-0.39, 0.29) is 16.7 Å². The van der Waals surface area contributed by atoms with Gasteiger partial charge < -0.3 is 4.74 Å². The Hall–Kier alpha value is -1.64. The van der Waals surface area contributed by atoms with Gasteiger partial charge in [0.25, 0.3) is 0 Å². The van der Waals surface area contributed by atoms with Crippen LogP contribution in [-0.2, 0) is 19.7 Å². The van der Waals surface area contributed by atoms with Crippen molar-refractivity contribution in [3.8, 4) is 5.75 Å². The molecule has 0 bridgehead atoms. The van der Waals surface area contributed by atoms with Crippen LogP contribution in [0, 0.1) is 5.92 Å². The molecule has 1 heterocycles. The Labute approximate surface area is 143 Å². The van der Waals surface area contributed by atoms with E-state index in [4.69, 9.17) is 9.57 Å². The molecule has 0 unspecified atom stereocenters. The average molecular weight is 356 g/mol. The van der Waals surface area contributed by atoms with E-state index >= 15 is 0 Å². The SMILES string of the molecule is CCOc1ccc(S(=O)(=O)N2CCC(C(=O)N(C)OC)CC2)cc1. The highest BCUT2D eigenvalue weighted by Gasteiger charge is 2.33. The zero-order valence-corrected chi connectivity index (χ0v) is 15.1. The molecule has 0 atom stereocenters. The van der Waals surface area contributed by atoms with Crippen LogP contribution in [0.1, 0.15) is 19.8 Å². The van der Waals surface area contributed by atoms with Crippen LogP contribution >= 0.6 is 0 Å². The molecule has 0 aromatic heterocycles. The number of hydrogen-bond donors (Lipinski definition) is 0. The highest BCUT2D eigenvalue weighted by atomic mass is 32.2. The topological polar surface area (TPSA) is 76.2 Å². The number of sulfonamides is 1. The first kappa shape index (κ1) is 18.7. The van der Waals surface area contributed by atoms with Crippen molar-refractivity contribution in [2.45, 2.75) is 24.7 Å². The Morgan fingerprint density at radius 3 is 2.33 bits per heavy atom. The lowest BCUT2D eigenvalue weighted by molar-refractivity contribution is -0.174. The molecule has 1 aliphatic heterocycles. The quantitative estimate of drug-likeness (QED) is 0.722. The summed E-state index contributed by atoms with van der Waals surface area (Å²) in [6, 6.07) is 6.41. The monoisotopic (exact) mass is 356 g/mol. The predicted octanol–water partition coefficient (Wildman–Crippen LogP) is 1.51. The predicted molar refractivity (Wildman–Crippen MR) is 88.9 cm³/mol. The fraction of sp³-hybridized carbons (Fsp3) is 0.562. The van der Waals surface area contributed by atoms with Crippen molar-refractivity contribution < 1.29 is 22.8 Å². The smallest absolute Gasteiger partial charge is 0.249 e. The maximum absolute atomic E-state index is 12.7. The van der Waals surface area contributed by atoms with Crippen LogP contribution < -0.4 is 4.74 Å². The molecule has 1 fully saturated rings. The number of carbonyl (C=O) groups is 1. The molecule has 0 aliphatic carbocycles. The largest absolute Gasteiger partial charge is 0.494 e. The van der Waals surface area contributed by atoms with Gasteiger partial charge in [-0.1, -0.05) is 0 Å². The van der Waals surface area contributed by atoms with Crippen molar-refractivity contribution in [1.29, 1.82) is 0 Å². The van der Waals surface area contributed by atoms with Crippen molar-refractivity contribution in [2.24, 2.45) is 5.92 Å². The lowest BCUT2D eigenvalue weighted by Crippen LogP contribution is -2.43. The molecule has 0 saturated carbocycles. The first-order valence-corrected chi connectivity index (χ1v) is 9.38. The minimum Gasteiger partial charge on any atom is -0.494 e. The molecule has 2 rings (SSSR count). The molecular formula is C16H24N2O5S. The van der Waals surface area contributed by atoms with Crippen molar-refractivity contribution in [3.63, 3.8) is 0 Å². The third-order valence-electron chi connectivity index (χ3n) is 4.16. The second-order valence-corrected chi connectivity index (χ2v) is 7.54. The summed E-state index contributed by atoms with van der Waals surface area (Å²) in [4.78, 5) is 17.2. The summed E-state index contributed by atoms with van der Waals surface area (Å²) in [5, 5.41) is 1.20. The van der Waals surface area contributed by atoms with Gasteiger partial charge in [0.05, 0.1) is 18.6 Å². The summed E-state index contributed by atoms with van der Waals surface area (Å²) in [7, 11) is -0.552. The summed E-state index contributed by atoms with van der Waals surface area (Å²) < 4.78 is 32.1. The highest BCUT2D eigenvalue weighted by molar-refractivity contribution is 7.89. The van der Waals surface area contributed by atoms with E-state index in [0.29, 0.717) is 38.3 Å². The molecule has 0 radical (unpaired) electrons. The van der Waals surface area contributed by atoms with E-state index in [9.17, 15) is 13.2 Å². The van der Waals surface area contributed by atoms with Crippen LogP contribution in [0.25, 0.3) is 0 Å². The van der Waals surface area contributed by atoms with Gasteiger partial charge in [-0.05, 0) is 44.0 Å². The normalized spacial score (nSPS) is 16.8. The minimum atomic E-state index is -3.55. The van der Waals surface area contributed by atoms with Gasteiger partial charge in [-0.15, -0.1) is 0 Å². The molecule has 1 aliphatic rings. The van der Waals surface area contributed by atoms with Gasteiger partial charge in [0, 0.05) is 26.1 Å². The van der Waals surface area contributed by atoms with Crippen molar-refractivity contribution in [2.75, 3.05) is 33.9 Å². The van der Waals surface area contributed by atoms with Crippen molar-refractivity contribution in [3.05, 3.63) is 24.3 Å². The van der Waals surface area contributed by atoms with Crippen LogP contribution in [0.4, 0.5) is 0 Å². The molecule has 1 aromatic rings. The molecule has 1 aromatic carbocycles. The van der Waals surface area contributed by atoms with Crippen LogP contribution in [0.3, 0.4) is 0 Å². The van der Waals surface area contributed by atoms with Gasteiger partial charge in [0.15, 0.2) is 0 Å². The fourth-order valence-electron chi connectivity index (χ4n) is 2.71. The molecule has 7 nitrogen and oxygen atoms in total. The van der Waals surface area contributed by atoms with Crippen molar-refractivity contribution >= 4 is 15.9 Å². The van der Waals surface area contributed by atoms with Crippen LogP contribution in [0.15, 0.2) is 29.2 Å². The Morgan fingerprint density at radius 2 is 1.83 bits per heavy atom. The van der Waals surface area contributed by atoms with Gasteiger partial charge in [-0.25, -0.2) is 13.5 Å². The number of amides is 1. The Kier molecular flexibility index (Phi) is 6.20. The zero-order chi connectivity index (χ0) is 17.7. The molecule has 1 saturated heterocycles. The zero-order valence-electron chi connectivity index (χ0n) is 14.3. The lowest BCUT2D eigenvalue weighted by Gasteiger charge is -2.31. The van der Waals surface area contributed by atoms with E-state index in [1.54, 1.807) is 31.3 Å². The van der Waals surface area contributed by atoms with Crippen LogP contribution in [0.2, 0.25) is 0 Å². The number of hydrogen-bond acceptors (Lipinski definition) is 5. The maximum Gasteiger partial charge on any atom is 0.249 e. The van der Waals surface area contributed by atoms with Crippen LogP contribution in [-0.4, -0.2) is 57.5 Å². The molecular weight excluding hydrogens is 332 g/mol. The standard InChI is InChI=1S/C16H24N2O5S/c1-4-23-14-5-7-15(8-6-14)24(20,21)18-11-9-13(10-12-18)16(19)17(2)22-3/h5-8,13H,4,9-12H2,1-3H3. The number of rotatable bonds is 6. The minimum absolute atomic E-state index is 0.115. The van der Waals surface area contributed by atoms with Gasteiger partial charge in [0.1, 0.15) is 5.75 Å². The Bertz CT molecular complexity index is 652. The van der Waals surface area contributed by atoms with Gasteiger partial charge in [-0.2, -0.15) is 4.31 Å². The molecule has 24 heavy (non-hydrogen) atoms. The summed E-state index contributed by atoms with van der Waals surface area (Å²) in [5.41, 5.74) is 0. The first-order valence-electron chi connectivity index (χ1n) is 7.94. The van der Waals surface area contributed by atoms with E-state index in [0.717, 1.165) is 0 Å². The summed E-state index contributed by atoms with van der Waals surface area (Å²) in [5.74, 6) is 0.320. The number of ether oxygens (including phenoxy) is 1. The number of carbonyl (C=O) groups excluding carboxylic acids is 1. The first-order chi connectivity index (χ1) is 11.4. The number of benzene rings is 1. The van der Waals surface area contributed by atoms with Crippen LogP contribution in [0.5, 0.6) is 5.75 Å². The maximum atomic E-state index is 12.7. The average Bonchev–Trinajstić information content (AvgIpc) is 2.61. The van der Waals surface area contributed by atoms with Gasteiger partial charge >= 0.3 is 0 Å². The molecule has 134 valence electrons. The van der Waals surface area contributed by atoms with E-state index in [1.807, 2.05) is 6.92 Å². The van der Waals surface area contributed by atoms with Gasteiger partial charge in [0.2, 0.25) is 15.9 Å². The third-order valence-corrected chi connectivity index (χ3v) is 6.07. The molecule has 0 N–H and O–H groups in total. The molecule has 0 spiro atoms. The second-order valence-electron chi connectivity index (χ2n) is 5.60. The summed E-state index contributed by atoms with van der Waals surface area (Å²) in [6.07, 6.45) is 0.978. The Balaban J connectivity index is 2.03. The summed E-state index contributed by atoms with van der Waals surface area (Å²) >= 11 is 0. The molecule has 1 amide bonds. The second kappa shape index (κ2) is 7.96. The van der Waals surface area contributed by atoms with Gasteiger partial charge in [-0.3, -0.25) is 9.63 Å². The third kappa shape index (κ3) is 4.06. The lowest BCUT2D eigenvalue weighted by atomic mass is 9.97. The van der Waals surface area contributed by atoms with E-state index in [1.165, 1.54) is 16.5 Å². The number of nitrogens with zero attached hydrogens (tertiary/aromatic N) is 2. The fourth-order valence-corrected chi connectivity index (χ4v) is 4.18. The van der Waals surface area contributed by atoms with E-state index < -0.39 is 10.0 Å². The molecule has 8 heteroatoms. The number of hydroxylamine groups is 2. The van der Waals surface area contributed by atoms with Crippen molar-refractivity contribution in [1.82, 2.24) is 9.37 Å². The summed E-state index contributed by atoms with van der Waals surface area (Å²) in [6.45, 7) is 3.05. The van der Waals surface area contributed by atoms with E-state index in [2.05, 4.69) is 0 Å². The highest BCUT2D eigenvalue weighted by Crippen LogP contribution is 2.26. The Morgan fingerprint density at radius 1 is 1.25 bits per heavy atom. The number of piperidine rings is 1.